The van der Waals surface area contributed by atoms with Crippen molar-refractivity contribution in [2.24, 2.45) is 0 Å². The van der Waals surface area contributed by atoms with Gasteiger partial charge in [0.05, 0.1) is 4.90 Å². The molecule has 162 valence electrons. The lowest BCUT2D eigenvalue weighted by atomic mass is 9.99. The number of piperazine rings is 1. The molecule has 1 fully saturated rings. The maximum absolute atomic E-state index is 13.0. The van der Waals surface area contributed by atoms with Crippen LogP contribution in [0.15, 0.2) is 53.4 Å². The summed E-state index contributed by atoms with van der Waals surface area (Å²) < 4.78 is 27.5. The van der Waals surface area contributed by atoms with Crippen LogP contribution in [0.25, 0.3) is 0 Å². The Kier molecular flexibility index (Phi) is 6.83. The van der Waals surface area contributed by atoms with Gasteiger partial charge < -0.3 is 9.80 Å². The molecule has 3 rings (SSSR count). The molecule has 0 N–H and O–H groups in total. The summed E-state index contributed by atoms with van der Waals surface area (Å²) in [5.41, 5.74) is 2.73. The summed E-state index contributed by atoms with van der Waals surface area (Å²) in [4.78, 5) is 16.9. The Hall–Kier alpha value is -2.38. The molecule has 0 aliphatic carbocycles. The summed E-state index contributed by atoms with van der Waals surface area (Å²) in [5, 5.41) is 0. The highest BCUT2D eigenvalue weighted by Gasteiger charge is 2.30. The average Bonchev–Trinajstić information content (AvgIpc) is 2.78. The molecule has 2 aromatic carbocycles. The van der Waals surface area contributed by atoms with Gasteiger partial charge in [-0.2, -0.15) is 4.31 Å². The van der Waals surface area contributed by atoms with Crippen molar-refractivity contribution in [1.82, 2.24) is 9.21 Å². The first-order valence-corrected chi connectivity index (χ1v) is 11.8. The number of rotatable bonds is 6. The van der Waals surface area contributed by atoms with Gasteiger partial charge in [0.1, 0.15) is 0 Å². The Labute approximate surface area is 180 Å². The van der Waals surface area contributed by atoms with Crippen LogP contribution in [0.2, 0.25) is 0 Å². The number of carbonyl (C=O) groups is 1. The highest BCUT2D eigenvalue weighted by molar-refractivity contribution is 7.89. The van der Waals surface area contributed by atoms with Crippen LogP contribution in [-0.4, -0.2) is 63.8 Å². The molecule has 0 aromatic heterocycles. The fraction of sp³-hybridized carbons (Fsp3) is 0.435. The number of anilines is 1. The molecule has 7 heteroatoms. The van der Waals surface area contributed by atoms with E-state index in [0.29, 0.717) is 42.6 Å². The SMILES string of the molecule is CCC(C)c1ccc(S(=O)(=O)N2CCN(C(=O)c3cccc(N(C)C)c3)CC2)cc1. The minimum Gasteiger partial charge on any atom is -0.378 e. The van der Waals surface area contributed by atoms with Crippen LogP contribution in [0.5, 0.6) is 0 Å². The predicted molar refractivity (Wildman–Crippen MR) is 121 cm³/mol. The van der Waals surface area contributed by atoms with Gasteiger partial charge in [0.25, 0.3) is 5.91 Å². The predicted octanol–water partition coefficient (Wildman–Crippen LogP) is 3.41. The summed E-state index contributed by atoms with van der Waals surface area (Å²) in [6.45, 7) is 5.62. The molecule has 1 unspecified atom stereocenters. The molecule has 1 amide bonds. The van der Waals surface area contributed by atoms with Gasteiger partial charge in [0.2, 0.25) is 10.0 Å². The van der Waals surface area contributed by atoms with Gasteiger partial charge in [0, 0.05) is 51.5 Å². The lowest BCUT2D eigenvalue weighted by molar-refractivity contribution is 0.0698. The first kappa shape index (κ1) is 22.3. The molecular formula is C23H31N3O3S. The van der Waals surface area contributed by atoms with Crippen molar-refractivity contribution in [2.75, 3.05) is 45.2 Å². The van der Waals surface area contributed by atoms with Crippen molar-refractivity contribution >= 4 is 21.6 Å². The summed E-state index contributed by atoms with van der Waals surface area (Å²) >= 11 is 0. The van der Waals surface area contributed by atoms with Gasteiger partial charge >= 0.3 is 0 Å². The lowest BCUT2D eigenvalue weighted by Crippen LogP contribution is -2.50. The summed E-state index contributed by atoms with van der Waals surface area (Å²) in [7, 11) is 0.312. The van der Waals surface area contributed by atoms with E-state index >= 15 is 0 Å². The smallest absolute Gasteiger partial charge is 0.254 e. The van der Waals surface area contributed by atoms with E-state index in [1.54, 1.807) is 23.1 Å². The molecule has 1 atom stereocenters. The second kappa shape index (κ2) is 9.18. The first-order valence-electron chi connectivity index (χ1n) is 10.4. The highest BCUT2D eigenvalue weighted by atomic mass is 32.2. The van der Waals surface area contributed by atoms with Crippen LogP contribution in [0, 0.1) is 0 Å². The normalized spacial score (nSPS) is 16.3. The third-order valence-corrected chi connectivity index (χ3v) is 7.75. The molecule has 30 heavy (non-hydrogen) atoms. The zero-order valence-corrected chi connectivity index (χ0v) is 19.0. The second-order valence-corrected chi connectivity index (χ2v) is 9.96. The monoisotopic (exact) mass is 429 g/mol. The quantitative estimate of drug-likeness (QED) is 0.706. The maximum atomic E-state index is 13.0. The van der Waals surface area contributed by atoms with E-state index in [1.807, 2.05) is 49.3 Å². The van der Waals surface area contributed by atoms with E-state index in [-0.39, 0.29) is 5.91 Å². The Morgan fingerprint density at radius 3 is 2.23 bits per heavy atom. The summed E-state index contributed by atoms with van der Waals surface area (Å²) in [5.74, 6) is 0.343. The zero-order chi connectivity index (χ0) is 21.9. The number of benzene rings is 2. The molecule has 6 nitrogen and oxygen atoms in total. The number of sulfonamides is 1. The van der Waals surface area contributed by atoms with Crippen LogP contribution in [0.3, 0.4) is 0 Å². The molecule has 1 aliphatic heterocycles. The Balaban J connectivity index is 1.67. The number of hydrogen-bond donors (Lipinski definition) is 0. The van der Waals surface area contributed by atoms with E-state index in [4.69, 9.17) is 0 Å². The third-order valence-electron chi connectivity index (χ3n) is 5.83. The topological polar surface area (TPSA) is 60.9 Å². The van der Waals surface area contributed by atoms with E-state index in [2.05, 4.69) is 13.8 Å². The Morgan fingerprint density at radius 1 is 1.03 bits per heavy atom. The zero-order valence-electron chi connectivity index (χ0n) is 18.2. The second-order valence-electron chi connectivity index (χ2n) is 8.02. The van der Waals surface area contributed by atoms with Crippen molar-refractivity contribution in [2.45, 2.75) is 31.1 Å². The van der Waals surface area contributed by atoms with Crippen molar-refractivity contribution in [3.63, 3.8) is 0 Å². The van der Waals surface area contributed by atoms with Gasteiger partial charge in [-0.15, -0.1) is 0 Å². The summed E-state index contributed by atoms with van der Waals surface area (Å²) in [6, 6.07) is 14.7. The highest BCUT2D eigenvalue weighted by Crippen LogP contribution is 2.23. The van der Waals surface area contributed by atoms with Crippen molar-refractivity contribution < 1.29 is 13.2 Å². The molecule has 0 radical (unpaired) electrons. The Morgan fingerprint density at radius 2 is 1.67 bits per heavy atom. The summed E-state index contributed by atoms with van der Waals surface area (Å²) in [6.07, 6.45) is 1.01. The van der Waals surface area contributed by atoms with E-state index < -0.39 is 10.0 Å². The van der Waals surface area contributed by atoms with Crippen LogP contribution >= 0.6 is 0 Å². The molecule has 1 saturated heterocycles. The van der Waals surface area contributed by atoms with Gasteiger partial charge in [-0.1, -0.05) is 32.0 Å². The fourth-order valence-electron chi connectivity index (χ4n) is 3.58. The average molecular weight is 430 g/mol. The van der Waals surface area contributed by atoms with Gasteiger partial charge in [-0.3, -0.25) is 4.79 Å². The third kappa shape index (κ3) is 4.68. The molecular weight excluding hydrogens is 398 g/mol. The number of hydrogen-bond acceptors (Lipinski definition) is 4. The van der Waals surface area contributed by atoms with Crippen molar-refractivity contribution in [3.05, 3.63) is 59.7 Å². The lowest BCUT2D eigenvalue weighted by Gasteiger charge is -2.34. The number of nitrogens with zero attached hydrogens (tertiary/aromatic N) is 3. The molecule has 0 bridgehead atoms. The fourth-order valence-corrected chi connectivity index (χ4v) is 5.01. The minimum absolute atomic E-state index is 0.0614. The van der Waals surface area contributed by atoms with E-state index in [0.717, 1.165) is 17.7 Å². The first-order chi connectivity index (χ1) is 14.2. The standard InChI is InChI=1S/C23H31N3O3S/c1-5-18(2)19-9-11-22(12-10-19)30(28,29)26-15-13-25(14-16-26)23(27)20-7-6-8-21(17-20)24(3)4/h6-12,17-18H,5,13-16H2,1-4H3. The molecule has 0 saturated carbocycles. The van der Waals surface area contributed by atoms with E-state index in [9.17, 15) is 13.2 Å². The van der Waals surface area contributed by atoms with Crippen molar-refractivity contribution in [3.8, 4) is 0 Å². The number of carbonyl (C=O) groups excluding carboxylic acids is 1. The molecule has 0 spiro atoms. The van der Waals surface area contributed by atoms with Gasteiger partial charge in [-0.05, 0) is 48.2 Å². The van der Waals surface area contributed by atoms with Gasteiger partial charge in [0.15, 0.2) is 0 Å². The van der Waals surface area contributed by atoms with Crippen LogP contribution < -0.4 is 4.90 Å². The van der Waals surface area contributed by atoms with Gasteiger partial charge in [-0.25, -0.2) is 8.42 Å². The molecule has 1 aliphatic rings. The number of amides is 1. The molecule has 2 aromatic rings. The van der Waals surface area contributed by atoms with Crippen LogP contribution in [0.4, 0.5) is 5.69 Å². The minimum atomic E-state index is -3.55. The maximum Gasteiger partial charge on any atom is 0.254 e. The van der Waals surface area contributed by atoms with E-state index in [1.165, 1.54) is 4.31 Å². The van der Waals surface area contributed by atoms with Crippen molar-refractivity contribution in [1.29, 1.82) is 0 Å². The van der Waals surface area contributed by atoms with Crippen LogP contribution in [0.1, 0.15) is 42.1 Å². The molecule has 1 heterocycles. The van der Waals surface area contributed by atoms with Crippen LogP contribution in [-0.2, 0) is 10.0 Å². The Bertz CT molecular complexity index is 979. The largest absolute Gasteiger partial charge is 0.378 e.